The molecule has 0 aromatic heterocycles. The number of hydrogen-bond donors (Lipinski definition) is 0. The maximum absolute atomic E-state index is 12.9. The number of imide groups is 1. The lowest BCUT2D eigenvalue weighted by molar-refractivity contribution is -0.150. The van der Waals surface area contributed by atoms with Crippen molar-refractivity contribution < 1.29 is 28.7 Å². The fraction of sp³-hybridized carbons (Fsp3) is 0.273. The van der Waals surface area contributed by atoms with Crippen LogP contribution in [0.2, 0.25) is 0 Å². The molecule has 2 aromatic carbocycles. The second-order valence-corrected chi connectivity index (χ2v) is 7.11. The normalized spacial score (nSPS) is 12.9. The Balaban J connectivity index is 1.83. The predicted molar refractivity (Wildman–Crippen MR) is 105 cm³/mol. The Bertz CT molecular complexity index is 1020. The van der Waals surface area contributed by atoms with Crippen molar-refractivity contribution in [1.29, 1.82) is 0 Å². The Morgan fingerprint density at radius 1 is 0.966 bits per heavy atom. The van der Waals surface area contributed by atoms with Gasteiger partial charge in [0, 0.05) is 0 Å². The summed E-state index contributed by atoms with van der Waals surface area (Å²) in [5.74, 6) is -2.40. The Morgan fingerprint density at radius 3 is 2.34 bits per heavy atom. The summed E-state index contributed by atoms with van der Waals surface area (Å²) in [5.41, 5.74) is 2.62. The highest BCUT2D eigenvalue weighted by molar-refractivity contribution is 6.35. The van der Waals surface area contributed by atoms with Crippen LogP contribution in [0.5, 0.6) is 0 Å². The predicted octanol–water partition coefficient (Wildman–Crippen LogP) is 3.21. The molecule has 7 heteroatoms. The number of benzene rings is 2. The summed E-state index contributed by atoms with van der Waals surface area (Å²) >= 11 is 0. The molecule has 0 aliphatic carbocycles. The second-order valence-electron chi connectivity index (χ2n) is 7.11. The molecule has 0 atom stereocenters. The van der Waals surface area contributed by atoms with E-state index in [4.69, 9.17) is 9.47 Å². The molecular formula is C22H21NO6. The largest absolute Gasteiger partial charge is 0.460 e. The van der Waals surface area contributed by atoms with E-state index in [0.29, 0.717) is 5.69 Å². The fourth-order valence-electron chi connectivity index (χ4n) is 3.05. The summed E-state index contributed by atoms with van der Waals surface area (Å²) in [5, 5.41) is 0. The molecule has 1 heterocycles. The highest BCUT2D eigenvalue weighted by Gasteiger charge is 2.38. The van der Waals surface area contributed by atoms with E-state index in [-0.39, 0.29) is 22.8 Å². The lowest BCUT2D eigenvalue weighted by Gasteiger charge is -2.17. The van der Waals surface area contributed by atoms with E-state index in [1.807, 2.05) is 26.0 Å². The molecule has 3 rings (SSSR count). The molecule has 0 saturated heterocycles. The van der Waals surface area contributed by atoms with E-state index >= 15 is 0 Å². The molecular weight excluding hydrogens is 374 g/mol. The lowest BCUT2D eigenvalue weighted by Crippen LogP contribution is -2.30. The van der Waals surface area contributed by atoms with Gasteiger partial charge in [0.05, 0.1) is 28.5 Å². The molecule has 0 saturated carbocycles. The fourth-order valence-corrected chi connectivity index (χ4v) is 3.05. The van der Waals surface area contributed by atoms with E-state index in [0.717, 1.165) is 16.0 Å². The van der Waals surface area contributed by atoms with Gasteiger partial charge in [-0.1, -0.05) is 12.1 Å². The third kappa shape index (κ3) is 4.03. The molecule has 0 radical (unpaired) electrons. The molecule has 0 spiro atoms. The van der Waals surface area contributed by atoms with Gasteiger partial charge in [0.1, 0.15) is 0 Å². The zero-order valence-corrected chi connectivity index (χ0v) is 16.6. The van der Waals surface area contributed by atoms with Crippen molar-refractivity contribution >= 4 is 29.4 Å². The molecule has 0 bridgehead atoms. The zero-order valence-electron chi connectivity index (χ0n) is 16.6. The van der Waals surface area contributed by atoms with Crippen LogP contribution in [0, 0.1) is 13.8 Å². The van der Waals surface area contributed by atoms with Crippen LogP contribution in [0.4, 0.5) is 5.69 Å². The van der Waals surface area contributed by atoms with Crippen molar-refractivity contribution in [3.05, 3.63) is 64.2 Å². The number of anilines is 1. The number of carbonyl (C=O) groups is 4. The third-order valence-electron chi connectivity index (χ3n) is 4.42. The number of nitrogens with zero attached hydrogens (tertiary/aromatic N) is 1. The molecule has 2 amide bonds. The van der Waals surface area contributed by atoms with Gasteiger partial charge >= 0.3 is 11.9 Å². The van der Waals surface area contributed by atoms with Crippen LogP contribution >= 0.6 is 0 Å². The summed E-state index contributed by atoms with van der Waals surface area (Å²) in [6.07, 6.45) is -0.319. The van der Waals surface area contributed by atoms with Crippen molar-refractivity contribution in [3.63, 3.8) is 0 Å². The minimum absolute atomic E-state index is 0.0741. The van der Waals surface area contributed by atoms with E-state index in [1.54, 1.807) is 19.9 Å². The molecule has 0 fully saturated rings. The van der Waals surface area contributed by atoms with E-state index in [9.17, 15) is 19.2 Å². The van der Waals surface area contributed by atoms with E-state index in [1.165, 1.54) is 18.2 Å². The summed E-state index contributed by atoms with van der Waals surface area (Å²) in [4.78, 5) is 50.6. The number of aryl methyl sites for hydroxylation is 2. The summed E-state index contributed by atoms with van der Waals surface area (Å²) in [6, 6.07) is 9.64. The highest BCUT2D eigenvalue weighted by atomic mass is 16.6. The quantitative estimate of drug-likeness (QED) is 0.570. The van der Waals surface area contributed by atoms with Gasteiger partial charge in [-0.3, -0.25) is 9.59 Å². The van der Waals surface area contributed by atoms with Crippen molar-refractivity contribution in [2.24, 2.45) is 0 Å². The van der Waals surface area contributed by atoms with Gasteiger partial charge in [-0.05, 0) is 63.1 Å². The second kappa shape index (κ2) is 7.87. The Hall–Kier alpha value is -3.48. The molecule has 29 heavy (non-hydrogen) atoms. The van der Waals surface area contributed by atoms with Crippen LogP contribution in [0.3, 0.4) is 0 Å². The SMILES string of the molecule is Cc1ccc(C)c(N2C(=O)c3ccc(C(=O)OCC(=O)OC(C)C)cc3C2=O)c1. The number of carbonyl (C=O) groups excluding carboxylic acids is 4. The summed E-state index contributed by atoms with van der Waals surface area (Å²) in [6.45, 7) is 6.53. The van der Waals surface area contributed by atoms with Gasteiger partial charge in [-0.2, -0.15) is 0 Å². The number of fused-ring (bicyclic) bond motifs is 1. The maximum atomic E-state index is 12.9. The molecule has 7 nitrogen and oxygen atoms in total. The first-order chi connectivity index (χ1) is 13.7. The Kier molecular flexibility index (Phi) is 5.50. The molecule has 0 N–H and O–H groups in total. The monoisotopic (exact) mass is 395 g/mol. The number of rotatable bonds is 5. The van der Waals surface area contributed by atoms with Crippen LogP contribution in [-0.2, 0) is 14.3 Å². The van der Waals surface area contributed by atoms with Gasteiger partial charge in [0.15, 0.2) is 6.61 Å². The van der Waals surface area contributed by atoms with Gasteiger partial charge in [0.25, 0.3) is 11.8 Å². The van der Waals surface area contributed by atoms with Crippen LogP contribution in [0.25, 0.3) is 0 Å². The summed E-state index contributed by atoms with van der Waals surface area (Å²) < 4.78 is 9.84. The average molecular weight is 395 g/mol. The standard InChI is InChI=1S/C22H21NO6/c1-12(2)29-19(24)11-28-22(27)15-7-8-16-17(10-15)21(26)23(20(16)25)18-9-13(3)5-6-14(18)4/h5-10,12H,11H2,1-4H3. The van der Waals surface area contributed by atoms with Crippen LogP contribution in [0.15, 0.2) is 36.4 Å². The topological polar surface area (TPSA) is 90.0 Å². The molecule has 1 aliphatic heterocycles. The van der Waals surface area contributed by atoms with Crippen LogP contribution < -0.4 is 4.90 Å². The Morgan fingerprint density at radius 2 is 1.66 bits per heavy atom. The van der Waals surface area contributed by atoms with Crippen LogP contribution in [0.1, 0.15) is 56.0 Å². The first-order valence-electron chi connectivity index (χ1n) is 9.15. The smallest absolute Gasteiger partial charge is 0.344 e. The number of hydrogen-bond acceptors (Lipinski definition) is 6. The first-order valence-corrected chi connectivity index (χ1v) is 9.15. The van der Waals surface area contributed by atoms with Crippen molar-refractivity contribution in [2.75, 3.05) is 11.5 Å². The molecule has 2 aromatic rings. The van der Waals surface area contributed by atoms with Gasteiger partial charge < -0.3 is 9.47 Å². The minimum Gasteiger partial charge on any atom is -0.460 e. The van der Waals surface area contributed by atoms with E-state index in [2.05, 4.69) is 0 Å². The molecule has 1 aliphatic rings. The Labute approximate surface area is 168 Å². The number of ether oxygens (including phenoxy) is 2. The maximum Gasteiger partial charge on any atom is 0.344 e. The van der Waals surface area contributed by atoms with Crippen molar-refractivity contribution in [3.8, 4) is 0 Å². The number of esters is 2. The highest BCUT2D eigenvalue weighted by Crippen LogP contribution is 2.31. The lowest BCUT2D eigenvalue weighted by atomic mass is 10.1. The first kappa shape index (κ1) is 20.3. The van der Waals surface area contributed by atoms with Crippen molar-refractivity contribution in [2.45, 2.75) is 33.8 Å². The average Bonchev–Trinajstić information content (AvgIpc) is 2.91. The molecule has 0 unspecified atom stereocenters. The van der Waals surface area contributed by atoms with Gasteiger partial charge in [-0.15, -0.1) is 0 Å². The molecule has 150 valence electrons. The third-order valence-corrected chi connectivity index (χ3v) is 4.42. The van der Waals surface area contributed by atoms with Crippen molar-refractivity contribution in [1.82, 2.24) is 0 Å². The summed E-state index contributed by atoms with van der Waals surface area (Å²) in [7, 11) is 0. The number of amides is 2. The minimum atomic E-state index is -0.779. The zero-order chi connectivity index (χ0) is 21.3. The van der Waals surface area contributed by atoms with Gasteiger partial charge in [-0.25, -0.2) is 14.5 Å². The van der Waals surface area contributed by atoms with Gasteiger partial charge in [0.2, 0.25) is 0 Å². The van der Waals surface area contributed by atoms with Crippen LogP contribution in [-0.4, -0.2) is 36.5 Å². The van der Waals surface area contributed by atoms with E-state index < -0.39 is 30.4 Å².